The second kappa shape index (κ2) is 15.4. The SMILES string of the molecule is CSCCC(NC(=O)C(C)NC(=O)C(N)CCCCN)C(=O)NC(CS)C(=O)O. The zero-order valence-electron chi connectivity index (χ0n) is 16.8. The number of unbranched alkanes of at least 4 members (excludes halogenated alkanes) is 1. The summed E-state index contributed by atoms with van der Waals surface area (Å²) in [5.74, 6) is -2.37. The van der Waals surface area contributed by atoms with Crippen molar-refractivity contribution in [2.24, 2.45) is 11.5 Å². The summed E-state index contributed by atoms with van der Waals surface area (Å²) >= 11 is 5.38. The number of nitrogens with one attached hydrogen (secondary N) is 3. The molecule has 0 saturated carbocycles. The normalized spacial score (nSPS) is 14.9. The molecule has 168 valence electrons. The van der Waals surface area contributed by atoms with E-state index in [-0.39, 0.29) is 5.75 Å². The van der Waals surface area contributed by atoms with Crippen molar-refractivity contribution in [1.29, 1.82) is 0 Å². The van der Waals surface area contributed by atoms with Crippen LogP contribution in [0, 0.1) is 0 Å². The molecule has 0 aliphatic heterocycles. The molecule has 12 heteroatoms. The van der Waals surface area contributed by atoms with Gasteiger partial charge in [0.05, 0.1) is 6.04 Å². The van der Waals surface area contributed by atoms with Gasteiger partial charge in [-0.3, -0.25) is 14.4 Å². The topological polar surface area (TPSA) is 177 Å². The molecule has 0 heterocycles. The number of amides is 3. The Morgan fingerprint density at radius 2 is 1.62 bits per heavy atom. The van der Waals surface area contributed by atoms with Crippen LogP contribution in [-0.2, 0) is 19.2 Å². The molecule has 0 aromatic heterocycles. The van der Waals surface area contributed by atoms with Gasteiger partial charge in [0.2, 0.25) is 17.7 Å². The Morgan fingerprint density at radius 1 is 1.00 bits per heavy atom. The molecule has 0 spiro atoms. The first-order valence-electron chi connectivity index (χ1n) is 9.37. The summed E-state index contributed by atoms with van der Waals surface area (Å²) in [6, 6.07) is -3.76. The molecular weight excluding hydrogens is 418 g/mol. The van der Waals surface area contributed by atoms with Crippen LogP contribution in [0.25, 0.3) is 0 Å². The molecule has 0 aliphatic carbocycles. The summed E-state index contributed by atoms with van der Waals surface area (Å²) in [4.78, 5) is 48.0. The van der Waals surface area contributed by atoms with Gasteiger partial charge in [-0.15, -0.1) is 0 Å². The van der Waals surface area contributed by atoms with E-state index >= 15 is 0 Å². The van der Waals surface area contributed by atoms with Crippen molar-refractivity contribution in [2.45, 2.75) is 56.8 Å². The zero-order chi connectivity index (χ0) is 22.4. The molecule has 4 unspecified atom stereocenters. The van der Waals surface area contributed by atoms with Crippen LogP contribution < -0.4 is 27.4 Å². The number of aliphatic carboxylic acids is 1. The van der Waals surface area contributed by atoms with E-state index in [1.807, 2.05) is 6.26 Å². The quantitative estimate of drug-likeness (QED) is 0.118. The minimum absolute atomic E-state index is 0.0846. The van der Waals surface area contributed by atoms with Crippen LogP contribution in [0.3, 0.4) is 0 Å². The number of carboxylic acids is 1. The van der Waals surface area contributed by atoms with E-state index in [2.05, 4.69) is 28.6 Å². The minimum atomic E-state index is -1.22. The van der Waals surface area contributed by atoms with Gasteiger partial charge in [0, 0.05) is 5.75 Å². The minimum Gasteiger partial charge on any atom is -0.480 e. The molecule has 0 fully saturated rings. The Balaban J connectivity index is 4.83. The molecule has 0 aliphatic rings. The Labute approximate surface area is 181 Å². The lowest BCUT2D eigenvalue weighted by Gasteiger charge is -2.23. The highest BCUT2D eigenvalue weighted by Crippen LogP contribution is 2.04. The van der Waals surface area contributed by atoms with E-state index < -0.39 is 47.9 Å². The van der Waals surface area contributed by atoms with Crippen molar-refractivity contribution in [2.75, 3.05) is 24.3 Å². The Hall–Kier alpha value is -1.50. The first-order valence-corrected chi connectivity index (χ1v) is 11.4. The lowest BCUT2D eigenvalue weighted by Crippen LogP contribution is -2.56. The largest absolute Gasteiger partial charge is 0.480 e. The van der Waals surface area contributed by atoms with Gasteiger partial charge in [0.15, 0.2) is 0 Å². The van der Waals surface area contributed by atoms with Gasteiger partial charge in [-0.1, -0.05) is 6.42 Å². The molecule has 0 bridgehead atoms. The molecule has 8 N–H and O–H groups in total. The molecule has 29 heavy (non-hydrogen) atoms. The van der Waals surface area contributed by atoms with Crippen LogP contribution >= 0.6 is 24.4 Å². The lowest BCUT2D eigenvalue weighted by molar-refractivity contribution is -0.141. The summed E-state index contributed by atoms with van der Waals surface area (Å²) in [6.45, 7) is 2.00. The number of carbonyl (C=O) groups is 4. The molecular formula is C17H33N5O5S2. The van der Waals surface area contributed by atoms with Gasteiger partial charge < -0.3 is 32.5 Å². The fourth-order valence-corrected chi connectivity index (χ4v) is 3.00. The number of rotatable bonds is 15. The van der Waals surface area contributed by atoms with Gasteiger partial charge >= 0.3 is 5.97 Å². The summed E-state index contributed by atoms with van der Waals surface area (Å²) in [6.07, 6.45) is 4.07. The van der Waals surface area contributed by atoms with Gasteiger partial charge in [-0.2, -0.15) is 24.4 Å². The fourth-order valence-electron chi connectivity index (χ4n) is 2.28. The lowest BCUT2D eigenvalue weighted by atomic mass is 10.1. The van der Waals surface area contributed by atoms with Crippen molar-refractivity contribution >= 4 is 48.1 Å². The monoisotopic (exact) mass is 451 g/mol. The van der Waals surface area contributed by atoms with E-state index in [1.165, 1.54) is 18.7 Å². The second-order valence-corrected chi connectivity index (χ2v) is 7.90. The number of thioether (sulfide) groups is 1. The van der Waals surface area contributed by atoms with E-state index in [1.54, 1.807) is 0 Å². The third kappa shape index (κ3) is 11.3. The average molecular weight is 452 g/mol. The van der Waals surface area contributed by atoms with Crippen molar-refractivity contribution in [3.05, 3.63) is 0 Å². The smallest absolute Gasteiger partial charge is 0.327 e. The maximum absolute atomic E-state index is 12.4. The number of thiol groups is 1. The average Bonchev–Trinajstić information content (AvgIpc) is 2.68. The van der Waals surface area contributed by atoms with Gasteiger partial charge in [-0.25, -0.2) is 4.79 Å². The van der Waals surface area contributed by atoms with Gasteiger partial charge in [0.1, 0.15) is 18.1 Å². The molecule has 10 nitrogen and oxygen atoms in total. The molecule has 0 saturated heterocycles. The van der Waals surface area contributed by atoms with Crippen molar-refractivity contribution in [3.8, 4) is 0 Å². The third-order valence-corrected chi connectivity index (χ3v) is 5.11. The fraction of sp³-hybridized carbons (Fsp3) is 0.765. The summed E-state index contributed by atoms with van der Waals surface area (Å²) in [5.41, 5.74) is 11.2. The van der Waals surface area contributed by atoms with E-state index in [4.69, 9.17) is 16.6 Å². The molecule has 3 amide bonds. The predicted octanol–water partition coefficient (Wildman–Crippen LogP) is -1.32. The van der Waals surface area contributed by atoms with Crippen LogP contribution in [0.5, 0.6) is 0 Å². The maximum atomic E-state index is 12.4. The molecule has 0 aromatic carbocycles. The highest BCUT2D eigenvalue weighted by atomic mass is 32.2. The predicted molar refractivity (Wildman–Crippen MR) is 117 cm³/mol. The summed E-state index contributed by atoms with van der Waals surface area (Å²) < 4.78 is 0. The number of carbonyl (C=O) groups excluding carboxylic acids is 3. The van der Waals surface area contributed by atoms with Gasteiger partial charge in [-0.05, 0) is 44.7 Å². The zero-order valence-corrected chi connectivity index (χ0v) is 18.6. The standard InChI is InChI=1S/C17H33N5O5S2/c1-10(20-15(24)11(19)5-3-4-7-18)14(23)21-12(6-8-29-2)16(25)22-13(9-28)17(26)27/h10-13,28H,3-9,18-19H2,1-2H3,(H,20,24)(H,21,23)(H,22,25)(H,26,27). The van der Waals surface area contributed by atoms with E-state index in [9.17, 15) is 19.2 Å². The Morgan fingerprint density at radius 3 is 2.14 bits per heavy atom. The Bertz CT molecular complexity index is 552. The van der Waals surface area contributed by atoms with E-state index in [0.717, 1.165) is 6.42 Å². The number of carboxylic acid groups (broad SMARTS) is 1. The van der Waals surface area contributed by atoms with E-state index in [0.29, 0.717) is 31.6 Å². The van der Waals surface area contributed by atoms with Crippen LogP contribution in [0.1, 0.15) is 32.6 Å². The molecule has 4 atom stereocenters. The third-order valence-electron chi connectivity index (χ3n) is 4.10. The number of nitrogens with two attached hydrogens (primary N) is 2. The number of hydrogen-bond acceptors (Lipinski definition) is 8. The first kappa shape index (κ1) is 27.5. The highest BCUT2D eigenvalue weighted by Gasteiger charge is 2.28. The molecule has 0 rings (SSSR count). The highest BCUT2D eigenvalue weighted by molar-refractivity contribution is 7.98. The molecule has 0 aromatic rings. The number of hydrogen-bond donors (Lipinski definition) is 7. The Kier molecular flexibility index (Phi) is 14.6. The van der Waals surface area contributed by atoms with Crippen molar-refractivity contribution in [1.82, 2.24) is 16.0 Å². The van der Waals surface area contributed by atoms with Gasteiger partial charge in [0.25, 0.3) is 0 Å². The van der Waals surface area contributed by atoms with Crippen LogP contribution in [0.2, 0.25) is 0 Å². The van der Waals surface area contributed by atoms with Crippen molar-refractivity contribution < 1.29 is 24.3 Å². The second-order valence-electron chi connectivity index (χ2n) is 6.55. The van der Waals surface area contributed by atoms with Crippen LogP contribution in [-0.4, -0.2) is 77.3 Å². The maximum Gasteiger partial charge on any atom is 0.327 e. The van der Waals surface area contributed by atoms with Crippen LogP contribution in [0.4, 0.5) is 0 Å². The summed E-state index contributed by atoms with van der Waals surface area (Å²) in [5, 5.41) is 16.5. The molecule has 0 radical (unpaired) electrons. The first-order chi connectivity index (χ1) is 13.7. The van der Waals surface area contributed by atoms with Crippen LogP contribution in [0.15, 0.2) is 0 Å². The van der Waals surface area contributed by atoms with Crippen molar-refractivity contribution in [3.63, 3.8) is 0 Å². The summed E-state index contributed by atoms with van der Waals surface area (Å²) in [7, 11) is 0.